The number of carbonyl (C=O) groups excluding carboxylic acids is 1. The van der Waals surface area contributed by atoms with Crippen LogP contribution in [0.1, 0.15) is 24.2 Å². The monoisotopic (exact) mass is 250 g/mol. The van der Waals surface area contributed by atoms with Crippen molar-refractivity contribution in [2.45, 2.75) is 20.2 Å². The third-order valence-electron chi connectivity index (χ3n) is 1.98. The second-order valence-corrected chi connectivity index (χ2v) is 3.68. The van der Waals surface area contributed by atoms with Crippen LogP contribution in [0.3, 0.4) is 0 Å². The van der Waals surface area contributed by atoms with E-state index in [9.17, 15) is 22.4 Å². The average Bonchev–Trinajstić information content (AvgIpc) is 2.18. The Kier molecular flexibility index (Phi) is 3.75. The van der Waals surface area contributed by atoms with Gasteiger partial charge in [0.1, 0.15) is 0 Å². The largest absolute Gasteiger partial charge is 0.573 e. The van der Waals surface area contributed by atoms with E-state index in [1.54, 1.807) is 0 Å². The molecule has 0 aliphatic rings. The van der Waals surface area contributed by atoms with E-state index in [1.165, 1.54) is 13.8 Å². The van der Waals surface area contributed by atoms with Crippen molar-refractivity contribution in [1.82, 2.24) is 0 Å². The van der Waals surface area contributed by atoms with Crippen LogP contribution in [-0.2, 0) is 0 Å². The molecule has 0 aliphatic carbocycles. The summed E-state index contributed by atoms with van der Waals surface area (Å²) in [7, 11) is 0. The molecule has 0 spiro atoms. The number of rotatable bonds is 3. The lowest BCUT2D eigenvalue weighted by atomic mass is 10.0. The molecule has 1 rings (SSSR count). The summed E-state index contributed by atoms with van der Waals surface area (Å²) in [4.78, 5) is 11.5. The molecule has 17 heavy (non-hydrogen) atoms. The topological polar surface area (TPSA) is 26.3 Å². The average molecular weight is 250 g/mol. The van der Waals surface area contributed by atoms with Crippen molar-refractivity contribution >= 4 is 5.78 Å². The summed E-state index contributed by atoms with van der Waals surface area (Å²) >= 11 is 0. The molecular weight excluding hydrogens is 240 g/mol. The fraction of sp³-hybridized carbons (Fsp3) is 0.364. The molecule has 0 saturated carbocycles. The van der Waals surface area contributed by atoms with Gasteiger partial charge in [0.25, 0.3) is 0 Å². The van der Waals surface area contributed by atoms with Crippen molar-refractivity contribution in [2.24, 2.45) is 5.92 Å². The minimum atomic E-state index is -4.99. The van der Waals surface area contributed by atoms with E-state index in [0.29, 0.717) is 0 Å². The van der Waals surface area contributed by atoms with Crippen LogP contribution in [0.25, 0.3) is 0 Å². The zero-order chi connectivity index (χ0) is 13.2. The van der Waals surface area contributed by atoms with E-state index in [1.807, 2.05) is 0 Å². The van der Waals surface area contributed by atoms with Crippen LogP contribution in [0, 0.1) is 11.7 Å². The van der Waals surface area contributed by atoms with Gasteiger partial charge in [0, 0.05) is 5.92 Å². The summed E-state index contributed by atoms with van der Waals surface area (Å²) in [6.07, 6.45) is -4.99. The minimum absolute atomic E-state index is 0.401. The molecule has 0 unspecified atom stereocenters. The van der Waals surface area contributed by atoms with E-state index in [2.05, 4.69) is 4.74 Å². The highest BCUT2D eigenvalue weighted by molar-refractivity contribution is 5.98. The lowest BCUT2D eigenvalue weighted by molar-refractivity contribution is -0.275. The van der Waals surface area contributed by atoms with Gasteiger partial charge in [0.05, 0.1) is 5.56 Å². The molecule has 0 radical (unpaired) electrons. The fourth-order valence-corrected chi connectivity index (χ4v) is 1.22. The van der Waals surface area contributed by atoms with Gasteiger partial charge in [0.2, 0.25) is 0 Å². The maximum absolute atomic E-state index is 13.6. The Morgan fingerprint density at radius 3 is 2.35 bits per heavy atom. The second-order valence-electron chi connectivity index (χ2n) is 3.68. The molecule has 0 bridgehead atoms. The maximum atomic E-state index is 13.6. The van der Waals surface area contributed by atoms with Crippen LogP contribution in [0.4, 0.5) is 17.6 Å². The van der Waals surface area contributed by atoms with Crippen molar-refractivity contribution < 1.29 is 27.1 Å². The Bertz CT molecular complexity index is 424. The van der Waals surface area contributed by atoms with Crippen molar-refractivity contribution in [3.8, 4) is 5.75 Å². The highest BCUT2D eigenvalue weighted by atomic mass is 19.4. The summed E-state index contributed by atoms with van der Waals surface area (Å²) in [5.41, 5.74) is -0.401. The summed E-state index contributed by atoms with van der Waals surface area (Å²) in [6.45, 7) is 3.05. The lowest BCUT2D eigenvalue weighted by Crippen LogP contribution is -2.19. The van der Waals surface area contributed by atoms with Crippen molar-refractivity contribution in [3.63, 3.8) is 0 Å². The first-order valence-corrected chi connectivity index (χ1v) is 4.81. The van der Waals surface area contributed by atoms with Crippen LogP contribution in [0.15, 0.2) is 18.2 Å². The number of carbonyl (C=O) groups is 1. The van der Waals surface area contributed by atoms with Gasteiger partial charge in [-0.15, -0.1) is 13.2 Å². The molecule has 0 heterocycles. The predicted octanol–water partition coefficient (Wildman–Crippen LogP) is 3.56. The Hall–Kier alpha value is -1.59. The Morgan fingerprint density at radius 2 is 1.88 bits per heavy atom. The van der Waals surface area contributed by atoms with Gasteiger partial charge < -0.3 is 4.74 Å². The van der Waals surface area contributed by atoms with Crippen LogP contribution < -0.4 is 4.74 Å². The molecule has 2 nitrogen and oxygen atoms in total. The molecule has 0 atom stereocenters. The standard InChI is InChI=1S/C11H10F4O2/c1-6(2)10(16)7-4-3-5-8(9(7)12)17-11(13,14)15/h3-6H,1-2H3. The molecule has 0 aromatic heterocycles. The second kappa shape index (κ2) is 4.73. The summed E-state index contributed by atoms with van der Waals surface area (Å²) in [5, 5.41) is 0. The third-order valence-corrected chi connectivity index (χ3v) is 1.98. The predicted molar refractivity (Wildman–Crippen MR) is 52.3 cm³/mol. The Morgan fingerprint density at radius 1 is 1.29 bits per heavy atom. The molecular formula is C11H10F4O2. The van der Waals surface area contributed by atoms with E-state index in [0.717, 1.165) is 18.2 Å². The van der Waals surface area contributed by atoms with Crippen LogP contribution in [0.2, 0.25) is 0 Å². The quantitative estimate of drug-likeness (QED) is 0.605. The number of halogens is 4. The van der Waals surface area contributed by atoms with Gasteiger partial charge in [-0.3, -0.25) is 4.79 Å². The molecule has 1 aromatic rings. The first kappa shape index (κ1) is 13.5. The van der Waals surface area contributed by atoms with Crippen molar-refractivity contribution in [3.05, 3.63) is 29.6 Å². The normalized spacial score (nSPS) is 11.7. The fourth-order valence-electron chi connectivity index (χ4n) is 1.22. The number of hydrogen-bond donors (Lipinski definition) is 0. The number of Topliss-reactive ketones (excluding diaryl/α,β-unsaturated/α-hetero) is 1. The number of benzene rings is 1. The van der Waals surface area contributed by atoms with E-state index < -0.39 is 35.2 Å². The molecule has 0 amide bonds. The molecule has 0 N–H and O–H groups in total. The zero-order valence-electron chi connectivity index (χ0n) is 9.14. The highest BCUT2D eigenvalue weighted by Crippen LogP contribution is 2.28. The number of ketones is 1. The SMILES string of the molecule is CC(C)C(=O)c1cccc(OC(F)(F)F)c1F. The summed E-state index contributed by atoms with van der Waals surface area (Å²) in [6, 6.07) is 3.08. The van der Waals surface area contributed by atoms with Crippen LogP contribution in [0.5, 0.6) is 5.75 Å². The highest BCUT2D eigenvalue weighted by Gasteiger charge is 2.33. The van der Waals surface area contributed by atoms with Gasteiger partial charge in [-0.05, 0) is 12.1 Å². The zero-order valence-corrected chi connectivity index (χ0v) is 9.14. The Balaban J connectivity index is 3.12. The molecule has 94 valence electrons. The first-order valence-electron chi connectivity index (χ1n) is 4.81. The molecule has 0 fully saturated rings. The smallest absolute Gasteiger partial charge is 0.403 e. The van der Waals surface area contributed by atoms with Crippen LogP contribution in [-0.4, -0.2) is 12.1 Å². The Labute approximate surface area is 95.2 Å². The molecule has 1 aromatic carbocycles. The lowest BCUT2D eigenvalue weighted by Gasteiger charge is -2.12. The molecule has 6 heteroatoms. The number of hydrogen-bond acceptors (Lipinski definition) is 2. The van der Waals surface area contributed by atoms with Crippen molar-refractivity contribution in [1.29, 1.82) is 0 Å². The summed E-state index contributed by atoms with van der Waals surface area (Å²) in [5.74, 6) is -3.37. The van der Waals surface area contributed by atoms with E-state index >= 15 is 0 Å². The van der Waals surface area contributed by atoms with Crippen molar-refractivity contribution in [2.75, 3.05) is 0 Å². The molecule has 0 aliphatic heterocycles. The van der Waals surface area contributed by atoms with Gasteiger partial charge in [-0.25, -0.2) is 4.39 Å². The number of ether oxygens (including phenoxy) is 1. The number of alkyl halides is 3. The maximum Gasteiger partial charge on any atom is 0.573 e. The van der Waals surface area contributed by atoms with E-state index in [4.69, 9.17) is 0 Å². The summed E-state index contributed by atoms with van der Waals surface area (Å²) < 4.78 is 52.9. The van der Waals surface area contributed by atoms with Gasteiger partial charge >= 0.3 is 6.36 Å². The first-order chi connectivity index (χ1) is 7.72. The van der Waals surface area contributed by atoms with Gasteiger partial charge in [-0.2, -0.15) is 0 Å². The molecule has 0 saturated heterocycles. The van der Waals surface area contributed by atoms with Gasteiger partial charge in [0.15, 0.2) is 17.3 Å². The van der Waals surface area contributed by atoms with Crippen LogP contribution >= 0.6 is 0 Å². The third kappa shape index (κ3) is 3.44. The minimum Gasteiger partial charge on any atom is -0.403 e. The van der Waals surface area contributed by atoms with E-state index in [-0.39, 0.29) is 0 Å². The van der Waals surface area contributed by atoms with Gasteiger partial charge in [-0.1, -0.05) is 19.9 Å².